The summed E-state index contributed by atoms with van der Waals surface area (Å²) in [6.45, 7) is 1.98. The average Bonchev–Trinajstić information content (AvgIpc) is 2.17. The van der Waals surface area contributed by atoms with Crippen LogP contribution in [0.3, 0.4) is 0 Å². The number of hydrogen-bond donors (Lipinski definition) is 1. The highest BCUT2D eigenvalue weighted by atomic mass is 19.1. The van der Waals surface area contributed by atoms with Gasteiger partial charge in [0.1, 0.15) is 11.6 Å². The molecule has 1 unspecified atom stereocenters. The minimum Gasteiger partial charge on any atom is -0.467 e. The van der Waals surface area contributed by atoms with Gasteiger partial charge in [0, 0.05) is 11.1 Å². The molecule has 0 fully saturated rings. The van der Waals surface area contributed by atoms with Crippen LogP contribution in [-0.2, 0) is 11.3 Å². The topological polar surface area (TPSA) is 38.7 Å². The lowest BCUT2D eigenvalue weighted by Gasteiger charge is -2.21. The van der Waals surface area contributed by atoms with Crippen LogP contribution in [0.5, 0.6) is 5.75 Å². The summed E-state index contributed by atoms with van der Waals surface area (Å²) in [5, 5.41) is 9.41. The second kappa shape index (κ2) is 3.55. The molecule has 4 heteroatoms. The SMILES string of the molecule is CC(O)c1c(F)ccc2c1COCO2. The summed E-state index contributed by atoms with van der Waals surface area (Å²) in [5.41, 5.74) is 0.869. The standard InChI is InChI=1S/C10H11FO3/c1-6(12)10-7-4-13-5-14-9(7)3-2-8(10)11/h2-3,6,12H,4-5H2,1H3. The third-order valence-electron chi connectivity index (χ3n) is 2.22. The Labute approximate surface area is 81.1 Å². The summed E-state index contributed by atoms with van der Waals surface area (Å²) in [4.78, 5) is 0. The fourth-order valence-electron chi connectivity index (χ4n) is 1.60. The first-order valence-corrected chi connectivity index (χ1v) is 4.40. The minimum absolute atomic E-state index is 0.178. The van der Waals surface area contributed by atoms with Crippen molar-refractivity contribution in [2.75, 3.05) is 6.79 Å². The zero-order chi connectivity index (χ0) is 10.1. The summed E-state index contributed by atoms with van der Waals surface area (Å²) >= 11 is 0. The predicted molar refractivity (Wildman–Crippen MR) is 47.3 cm³/mol. The monoisotopic (exact) mass is 198 g/mol. The Morgan fingerprint density at radius 2 is 2.29 bits per heavy atom. The largest absolute Gasteiger partial charge is 0.467 e. The van der Waals surface area contributed by atoms with Crippen molar-refractivity contribution in [1.29, 1.82) is 0 Å². The molecular formula is C10H11FO3. The molecule has 1 aliphatic rings. The Kier molecular flexibility index (Phi) is 2.39. The predicted octanol–water partition coefficient (Wildman–Crippen LogP) is 1.75. The van der Waals surface area contributed by atoms with Gasteiger partial charge in [-0.15, -0.1) is 0 Å². The smallest absolute Gasteiger partial charge is 0.189 e. The Hall–Kier alpha value is -1.13. The fourth-order valence-corrected chi connectivity index (χ4v) is 1.60. The van der Waals surface area contributed by atoms with Gasteiger partial charge in [-0.25, -0.2) is 4.39 Å². The maximum absolute atomic E-state index is 13.4. The van der Waals surface area contributed by atoms with Gasteiger partial charge in [-0.1, -0.05) is 0 Å². The minimum atomic E-state index is -0.852. The van der Waals surface area contributed by atoms with E-state index in [1.54, 1.807) is 6.07 Å². The number of aliphatic hydroxyl groups is 1. The van der Waals surface area contributed by atoms with Gasteiger partial charge in [0.2, 0.25) is 0 Å². The van der Waals surface area contributed by atoms with Crippen molar-refractivity contribution in [3.05, 3.63) is 29.1 Å². The third kappa shape index (κ3) is 1.47. The van der Waals surface area contributed by atoms with Gasteiger partial charge in [0.15, 0.2) is 6.79 Å². The second-order valence-electron chi connectivity index (χ2n) is 3.22. The molecule has 0 saturated heterocycles. The molecule has 1 aromatic carbocycles. The van der Waals surface area contributed by atoms with Crippen LogP contribution in [0.4, 0.5) is 4.39 Å². The summed E-state index contributed by atoms with van der Waals surface area (Å²) < 4.78 is 23.6. The van der Waals surface area contributed by atoms with E-state index in [4.69, 9.17) is 9.47 Å². The normalized spacial score (nSPS) is 17.1. The maximum atomic E-state index is 13.4. The number of aliphatic hydroxyl groups excluding tert-OH is 1. The van der Waals surface area contributed by atoms with Crippen molar-refractivity contribution < 1.29 is 19.0 Å². The average molecular weight is 198 g/mol. The van der Waals surface area contributed by atoms with Gasteiger partial charge >= 0.3 is 0 Å². The van der Waals surface area contributed by atoms with E-state index < -0.39 is 11.9 Å². The molecule has 1 aliphatic heterocycles. The maximum Gasteiger partial charge on any atom is 0.189 e. The molecule has 0 spiro atoms. The van der Waals surface area contributed by atoms with E-state index in [1.807, 2.05) is 0 Å². The molecule has 14 heavy (non-hydrogen) atoms. The van der Waals surface area contributed by atoms with Crippen LogP contribution < -0.4 is 4.74 Å². The molecule has 1 heterocycles. The van der Waals surface area contributed by atoms with Gasteiger partial charge in [-0.05, 0) is 19.1 Å². The van der Waals surface area contributed by atoms with Crippen LogP contribution in [0.15, 0.2) is 12.1 Å². The van der Waals surface area contributed by atoms with E-state index in [2.05, 4.69) is 0 Å². The van der Waals surface area contributed by atoms with Crippen LogP contribution in [0.25, 0.3) is 0 Å². The van der Waals surface area contributed by atoms with Crippen molar-refractivity contribution in [2.45, 2.75) is 19.6 Å². The van der Waals surface area contributed by atoms with Gasteiger partial charge in [0.25, 0.3) is 0 Å². The molecule has 2 rings (SSSR count). The quantitative estimate of drug-likeness (QED) is 0.747. The molecule has 1 atom stereocenters. The molecule has 76 valence electrons. The van der Waals surface area contributed by atoms with Gasteiger partial charge in [-0.3, -0.25) is 0 Å². The molecule has 0 saturated carbocycles. The van der Waals surface area contributed by atoms with Crippen molar-refractivity contribution in [1.82, 2.24) is 0 Å². The van der Waals surface area contributed by atoms with Crippen LogP contribution in [0.1, 0.15) is 24.2 Å². The highest BCUT2D eigenvalue weighted by Crippen LogP contribution is 2.32. The van der Waals surface area contributed by atoms with E-state index in [9.17, 15) is 9.50 Å². The highest BCUT2D eigenvalue weighted by Gasteiger charge is 2.20. The zero-order valence-electron chi connectivity index (χ0n) is 7.79. The van der Waals surface area contributed by atoms with Gasteiger partial charge in [-0.2, -0.15) is 0 Å². The molecule has 0 bridgehead atoms. The van der Waals surface area contributed by atoms with Crippen LogP contribution in [0, 0.1) is 5.82 Å². The van der Waals surface area contributed by atoms with Crippen LogP contribution >= 0.6 is 0 Å². The highest BCUT2D eigenvalue weighted by molar-refractivity contribution is 5.42. The molecule has 0 radical (unpaired) electrons. The van der Waals surface area contributed by atoms with Crippen molar-refractivity contribution in [3.8, 4) is 5.75 Å². The van der Waals surface area contributed by atoms with Gasteiger partial charge < -0.3 is 14.6 Å². The van der Waals surface area contributed by atoms with E-state index in [1.165, 1.54) is 13.0 Å². The number of fused-ring (bicyclic) bond motifs is 1. The van der Waals surface area contributed by atoms with Crippen LogP contribution in [0.2, 0.25) is 0 Å². The number of halogens is 1. The molecule has 0 aliphatic carbocycles. The Morgan fingerprint density at radius 3 is 3.00 bits per heavy atom. The Bertz CT molecular complexity index is 349. The second-order valence-corrected chi connectivity index (χ2v) is 3.22. The van der Waals surface area contributed by atoms with Crippen molar-refractivity contribution in [3.63, 3.8) is 0 Å². The number of benzene rings is 1. The summed E-state index contributed by atoms with van der Waals surface area (Å²) in [7, 11) is 0. The molecule has 0 amide bonds. The van der Waals surface area contributed by atoms with E-state index >= 15 is 0 Å². The zero-order valence-corrected chi connectivity index (χ0v) is 7.79. The molecule has 1 aromatic rings. The fraction of sp³-hybridized carbons (Fsp3) is 0.400. The third-order valence-corrected chi connectivity index (χ3v) is 2.22. The first kappa shape index (κ1) is 9.43. The lowest BCUT2D eigenvalue weighted by Crippen LogP contribution is -2.15. The molecule has 1 N–H and O–H groups in total. The number of rotatable bonds is 1. The summed E-state index contributed by atoms with van der Waals surface area (Å²) in [6, 6.07) is 2.85. The number of hydrogen-bond acceptors (Lipinski definition) is 3. The summed E-state index contributed by atoms with van der Waals surface area (Å²) in [6.07, 6.45) is -0.852. The molecular weight excluding hydrogens is 187 g/mol. The lowest BCUT2D eigenvalue weighted by molar-refractivity contribution is -0.0182. The molecule has 0 aromatic heterocycles. The Balaban J connectivity index is 2.55. The van der Waals surface area contributed by atoms with E-state index in [0.717, 1.165) is 0 Å². The van der Waals surface area contributed by atoms with Crippen LogP contribution in [-0.4, -0.2) is 11.9 Å². The van der Waals surface area contributed by atoms with Gasteiger partial charge in [0.05, 0.1) is 12.7 Å². The summed E-state index contributed by atoms with van der Waals surface area (Å²) in [5.74, 6) is 0.168. The lowest BCUT2D eigenvalue weighted by atomic mass is 10.0. The van der Waals surface area contributed by atoms with E-state index in [0.29, 0.717) is 11.3 Å². The first-order chi connectivity index (χ1) is 6.70. The first-order valence-electron chi connectivity index (χ1n) is 4.40. The Morgan fingerprint density at radius 1 is 1.50 bits per heavy atom. The molecule has 3 nitrogen and oxygen atoms in total. The number of ether oxygens (including phenoxy) is 2. The van der Waals surface area contributed by atoms with Crippen molar-refractivity contribution >= 4 is 0 Å². The van der Waals surface area contributed by atoms with E-state index in [-0.39, 0.29) is 19.0 Å². The van der Waals surface area contributed by atoms with Crippen molar-refractivity contribution in [2.24, 2.45) is 0 Å².